The fourth-order valence-electron chi connectivity index (χ4n) is 2.76. The van der Waals surface area contributed by atoms with E-state index >= 15 is 0 Å². The van der Waals surface area contributed by atoms with Crippen molar-refractivity contribution in [1.82, 2.24) is 15.3 Å². The molecule has 134 valence electrons. The maximum Gasteiger partial charge on any atom is 0.325 e. The number of carbonyl (C=O) groups excluding carboxylic acids is 1. The quantitative estimate of drug-likeness (QED) is 0.696. The molecule has 3 N–H and O–H groups in total. The van der Waals surface area contributed by atoms with E-state index in [0.29, 0.717) is 17.8 Å². The Hall–Kier alpha value is -2.83. The third-order valence-corrected chi connectivity index (χ3v) is 4.01. The molecule has 0 saturated heterocycles. The number of benzene rings is 1. The monoisotopic (exact) mass is 344 g/mol. The molecule has 0 unspecified atom stereocenters. The lowest BCUT2D eigenvalue weighted by molar-refractivity contribution is -0.121. The zero-order valence-electron chi connectivity index (χ0n) is 14.8. The van der Waals surface area contributed by atoms with Gasteiger partial charge in [0.25, 0.3) is 5.56 Å². The normalized spacial score (nSPS) is 11.8. The standard InChI is InChI=1S/C18H24N4O3/c1-12(11-22(3)14-7-5-4-6-8-14)19-16(23)10-9-15-13(2)20-18(25)21-17(15)24/h4-8,12H,9-11H2,1-3H3,(H,19,23)(H2,20,21,24,25)/t12-/m0/s1. The molecule has 0 spiro atoms. The van der Waals surface area contributed by atoms with Crippen molar-refractivity contribution in [2.45, 2.75) is 32.7 Å². The number of carbonyl (C=O) groups is 1. The lowest BCUT2D eigenvalue weighted by atomic mass is 10.1. The van der Waals surface area contributed by atoms with Crippen molar-refractivity contribution in [2.75, 3.05) is 18.5 Å². The van der Waals surface area contributed by atoms with Crippen molar-refractivity contribution in [3.05, 3.63) is 62.4 Å². The maximum atomic E-state index is 12.1. The molecular formula is C18H24N4O3. The van der Waals surface area contributed by atoms with Crippen LogP contribution in [0, 0.1) is 6.92 Å². The van der Waals surface area contributed by atoms with Crippen molar-refractivity contribution in [3.8, 4) is 0 Å². The highest BCUT2D eigenvalue weighted by molar-refractivity contribution is 5.76. The Labute approximate surface area is 146 Å². The first-order valence-corrected chi connectivity index (χ1v) is 8.24. The van der Waals surface area contributed by atoms with Gasteiger partial charge in [0.2, 0.25) is 5.91 Å². The summed E-state index contributed by atoms with van der Waals surface area (Å²) in [4.78, 5) is 41.9. The van der Waals surface area contributed by atoms with Gasteiger partial charge in [0, 0.05) is 43.0 Å². The maximum absolute atomic E-state index is 12.1. The van der Waals surface area contributed by atoms with Gasteiger partial charge >= 0.3 is 5.69 Å². The molecule has 0 bridgehead atoms. The molecule has 2 rings (SSSR count). The number of nitrogens with zero attached hydrogens (tertiary/aromatic N) is 1. The summed E-state index contributed by atoms with van der Waals surface area (Å²) in [6, 6.07) is 9.90. The Kier molecular flexibility index (Phi) is 6.16. The van der Waals surface area contributed by atoms with Crippen molar-refractivity contribution < 1.29 is 4.79 Å². The average Bonchev–Trinajstić information content (AvgIpc) is 2.54. The van der Waals surface area contributed by atoms with Gasteiger partial charge in [-0.2, -0.15) is 0 Å². The molecule has 1 aromatic heterocycles. The van der Waals surface area contributed by atoms with E-state index in [-0.39, 0.29) is 24.8 Å². The van der Waals surface area contributed by atoms with Crippen molar-refractivity contribution in [1.29, 1.82) is 0 Å². The summed E-state index contributed by atoms with van der Waals surface area (Å²) in [6.07, 6.45) is 0.473. The minimum absolute atomic E-state index is 0.0346. The molecule has 1 heterocycles. The fourth-order valence-corrected chi connectivity index (χ4v) is 2.76. The van der Waals surface area contributed by atoms with Crippen LogP contribution in [-0.2, 0) is 11.2 Å². The summed E-state index contributed by atoms with van der Waals surface area (Å²) in [5.41, 5.74) is 1.04. The van der Waals surface area contributed by atoms with Gasteiger partial charge in [-0.3, -0.25) is 14.6 Å². The Morgan fingerprint density at radius 3 is 2.52 bits per heavy atom. The molecule has 1 atom stereocenters. The summed E-state index contributed by atoms with van der Waals surface area (Å²) in [5, 5.41) is 2.94. The Balaban J connectivity index is 1.86. The molecular weight excluding hydrogens is 320 g/mol. The number of rotatable bonds is 7. The van der Waals surface area contributed by atoms with Crippen LogP contribution in [0.15, 0.2) is 39.9 Å². The molecule has 7 heteroatoms. The molecule has 0 saturated carbocycles. The first-order chi connectivity index (χ1) is 11.9. The third kappa shape index (κ3) is 5.34. The van der Waals surface area contributed by atoms with Crippen LogP contribution in [0.4, 0.5) is 5.69 Å². The molecule has 0 aliphatic heterocycles. The molecule has 2 aromatic rings. The zero-order chi connectivity index (χ0) is 18.4. The van der Waals surface area contributed by atoms with E-state index < -0.39 is 11.2 Å². The Bertz CT molecular complexity index is 826. The lowest BCUT2D eigenvalue weighted by Gasteiger charge is -2.24. The largest absolute Gasteiger partial charge is 0.373 e. The van der Waals surface area contributed by atoms with Crippen LogP contribution in [0.2, 0.25) is 0 Å². The number of nitrogens with one attached hydrogen (secondary N) is 3. The zero-order valence-corrected chi connectivity index (χ0v) is 14.8. The minimum Gasteiger partial charge on any atom is -0.373 e. The van der Waals surface area contributed by atoms with Gasteiger partial charge in [-0.05, 0) is 32.4 Å². The van der Waals surface area contributed by atoms with E-state index in [1.807, 2.05) is 44.3 Å². The van der Waals surface area contributed by atoms with Crippen LogP contribution in [-0.4, -0.2) is 35.5 Å². The van der Waals surface area contributed by atoms with Crippen molar-refractivity contribution >= 4 is 11.6 Å². The number of amides is 1. The summed E-state index contributed by atoms with van der Waals surface area (Å²) in [7, 11) is 1.97. The molecule has 7 nitrogen and oxygen atoms in total. The van der Waals surface area contributed by atoms with Gasteiger partial charge < -0.3 is 15.2 Å². The number of H-pyrrole nitrogens is 2. The Morgan fingerprint density at radius 2 is 1.88 bits per heavy atom. The van der Waals surface area contributed by atoms with Crippen LogP contribution < -0.4 is 21.5 Å². The number of aryl methyl sites for hydroxylation is 1. The second-order valence-electron chi connectivity index (χ2n) is 6.20. The second kappa shape index (κ2) is 8.32. The van der Waals surface area contributed by atoms with Crippen molar-refractivity contribution in [2.24, 2.45) is 0 Å². The fraction of sp³-hybridized carbons (Fsp3) is 0.389. The van der Waals surface area contributed by atoms with Crippen LogP contribution in [0.5, 0.6) is 0 Å². The molecule has 0 aliphatic carbocycles. The topological polar surface area (TPSA) is 98.1 Å². The molecule has 0 radical (unpaired) electrons. The van der Waals surface area contributed by atoms with E-state index in [1.165, 1.54) is 0 Å². The molecule has 1 aromatic carbocycles. The van der Waals surface area contributed by atoms with Gasteiger partial charge in [-0.15, -0.1) is 0 Å². The highest BCUT2D eigenvalue weighted by Crippen LogP contribution is 2.11. The first-order valence-electron chi connectivity index (χ1n) is 8.24. The number of hydrogen-bond acceptors (Lipinski definition) is 4. The van der Waals surface area contributed by atoms with Crippen LogP contribution in [0.3, 0.4) is 0 Å². The van der Waals surface area contributed by atoms with Gasteiger partial charge in [-0.1, -0.05) is 18.2 Å². The summed E-state index contributed by atoms with van der Waals surface area (Å²) < 4.78 is 0. The molecule has 0 fully saturated rings. The number of aromatic nitrogens is 2. The summed E-state index contributed by atoms with van der Waals surface area (Å²) >= 11 is 0. The van der Waals surface area contributed by atoms with E-state index in [4.69, 9.17) is 0 Å². The molecule has 0 aliphatic rings. The number of aromatic amines is 2. The van der Waals surface area contributed by atoms with Crippen LogP contribution >= 0.6 is 0 Å². The lowest BCUT2D eigenvalue weighted by Crippen LogP contribution is -2.41. The highest BCUT2D eigenvalue weighted by atomic mass is 16.2. The third-order valence-electron chi connectivity index (χ3n) is 4.01. The van der Waals surface area contributed by atoms with Gasteiger partial charge in [0.1, 0.15) is 0 Å². The summed E-state index contributed by atoms with van der Waals surface area (Å²) in [5.74, 6) is -0.126. The Morgan fingerprint density at radius 1 is 1.20 bits per heavy atom. The van der Waals surface area contributed by atoms with Crippen molar-refractivity contribution in [3.63, 3.8) is 0 Å². The smallest absolute Gasteiger partial charge is 0.325 e. The molecule has 25 heavy (non-hydrogen) atoms. The summed E-state index contributed by atoms with van der Waals surface area (Å²) in [6.45, 7) is 4.27. The van der Waals surface area contributed by atoms with E-state index in [2.05, 4.69) is 20.2 Å². The molecule has 1 amide bonds. The van der Waals surface area contributed by atoms with E-state index in [1.54, 1.807) is 6.92 Å². The minimum atomic E-state index is -0.534. The average molecular weight is 344 g/mol. The first kappa shape index (κ1) is 18.5. The predicted molar refractivity (Wildman–Crippen MR) is 98.1 cm³/mol. The predicted octanol–water partition coefficient (Wildman–Crippen LogP) is 0.945. The highest BCUT2D eigenvalue weighted by Gasteiger charge is 2.12. The number of likely N-dealkylation sites (N-methyl/N-ethyl adjacent to an activating group) is 1. The van der Waals surface area contributed by atoms with Gasteiger partial charge in [0.15, 0.2) is 0 Å². The van der Waals surface area contributed by atoms with Gasteiger partial charge in [0.05, 0.1) is 0 Å². The number of hydrogen-bond donors (Lipinski definition) is 3. The van der Waals surface area contributed by atoms with Crippen LogP contribution in [0.25, 0.3) is 0 Å². The van der Waals surface area contributed by atoms with Gasteiger partial charge in [-0.25, -0.2) is 4.79 Å². The number of para-hydroxylation sites is 1. The number of anilines is 1. The SMILES string of the molecule is Cc1[nH]c(=O)[nH]c(=O)c1CCC(=O)N[C@@H](C)CN(C)c1ccccc1. The van der Waals surface area contributed by atoms with E-state index in [9.17, 15) is 14.4 Å². The van der Waals surface area contributed by atoms with Crippen LogP contribution in [0.1, 0.15) is 24.6 Å². The van der Waals surface area contributed by atoms with E-state index in [0.717, 1.165) is 5.69 Å². The second-order valence-corrected chi connectivity index (χ2v) is 6.20.